The molecule has 1 atom stereocenters. The summed E-state index contributed by atoms with van der Waals surface area (Å²) in [5.41, 5.74) is 1.41. The molecule has 0 aliphatic carbocycles. The highest BCUT2D eigenvalue weighted by molar-refractivity contribution is 6.33. The van der Waals surface area contributed by atoms with Gasteiger partial charge >= 0.3 is 5.97 Å². The second-order valence-corrected chi connectivity index (χ2v) is 3.58. The quantitative estimate of drug-likeness (QED) is 0.664. The number of halogens is 1. The first-order chi connectivity index (χ1) is 6.70. The van der Waals surface area contributed by atoms with E-state index < -0.39 is 6.10 Å². The molecule has 0 bridgehead atoms. The monoisotopic (exact) mass is 208 g/mol. The van der Waals surface area contributed by atoms with E-state index in [1.54, 1.807) is 6.92 Å². The van der Waals surface area contributed by atoms with Crippen molar-refractivity contribution in [1.82, 2.24) is 0 Å². The Morgan fingerprint density at radius 3 is 2.43 bits per heavy atom. The summed E-state index contributed by atoms with van der Waals surface area (Å²) in [5.74, 6) is -0.330. The summed E-state index contributed by atoms with van der Waals surface area (Å²) >= 11 is 5.99. The number of esters is 1. The van der Waals surface area contributed by atoms with Crippen LogP contribution in [0.15, 0.2) is 40.9 Å². The number of hydrogen-bond donors (Lipinski definition) is 0. The molecule has 1 aromatic carbocycles. The fraction of sp³-hybridized carbons (Fsp3) is 0.182. The number of hydrogen-bond acceptors (Lipinski definition) is 2. The normalized spacial score (nSPS) is 21.3. The van der Waals surface area contributed by atoms with Crippen molar-refractivity contribution in [3.8, 4) is 0 Å². The van der Waals surface area contributed by atoms with Crippen molar-refractivity contribution in [3.63, 3.8) is 0 Å². The van der Waals surface area contributed by atoms with Crippen LogP contribution in [0.3, 0.4) is 0 Å². The standard InChI is InChI=1S/C11H9ClO2/c1-7-9(12)10(14-11(7)13)8-5-3-2-4-6-8/h2-6,10H,1H3. The molecule has 0 saturated heterocycles. The smallest absolute Gasteiger partial charge is 0.336 e. The lowest BCUT2D eigenvalue weighted by Crippen LogP contribution is -2.01. The Labute approximate surface area is 87.1 Å². The summed E-state index contributed by atoms with van der Waals surface area (Å²) in [7, 11) is 0. The number of rotatable bonds is 1. The predicted octanol–water partition coefficient (Wildman–Crippen LogP) is 2.80. The van der Waals surface area contributed by atoms with E-state index in [0.29, 0.717) is 10.6 Å². The highest BCUT2D eigenvalue weighted by Gasteiger charge is 2.31. The maximum absolute atomic E-state index is 11.2. The summed E-state index contributed by atoms with van der Waals surface area (Å²) in [4.78, 5) is 11.2. The molecule has 0 radical (unpaired) electrons. The molecule has 0 fully saturated rings. The van der Waals surface area contributed by atoms with Crippen LogP contribution in [0.25, 0.3) is 0 Å². The fourth-order valence-corrected chi connectivity index (χ4v) is 1.63. The van der Waals surface area contributed by atoms with Crippen molar-refractivity contribution in [2.24, 2.45) is 0 Å². The number of carbonyl (C=O) groups excluding carboxylic acids is 1. The van der Waals surface area contributed by atoms with Gasteiger partial charge in [0.2, 0.25) is 0 Å². The molecule has 3 heteroatoms. The fourth-order valence-electron chi connectivity index (χ4n) is 1.38. The third-order valence-corrected chi connectivity index (χ3v) is 2.70. The van der Waals surface area contributed by atoms with Gasteiger partial charge in [-0.05, 0) is 12.5 Å². The van der Waals surface area contributed by atoms with Crippen LogP contribution in [0.1, 0.15) is 18.6 Å². The first-order valence-electron chi connectivity index (χ1n) is 4.32. The van der Waals surface area contributed by atoms with Crippen molar-refractivity contribution in [3.05, 3.63) is 46.5 Å². The zero-order chi connectivity index (χ0) is 10.1. The van der Waals surface area contributed by atoms with Gasteiger partial charge in [-0.1, -0.05) is 41.9 Å². The van der Waals surface area contributed by atoms with Crippen molar-refractivity contribution in [2.75, 3.05) is 0 Å². The molecule has 1 aliphatic rings. The van der Waals surface area contributed by atoms with Crippen LogP contribution in [0, 0.1) is 0 Å². The minimum absolute atomic E-state index is 0.330. The van der Waals surface area contributed by atoms with Gasteiger partial charge in [-0.15, -0.1) is 0 Å². The molecule has 72 valence electrons. The van der Waals surface area contributed by atoms with E-state index in [9.17, 15) is 4.79 Å². The minimum atomic E-state index is -0.412. The lowest BCUT2D eigenvalue weighted by atomic mass is 10.1. The van der Waals surface area contributed by atoms with Crippen molar-refractivity contribution < 1.29 is 9.53 Å². The Bertz CT molecular complexity index is 395. The Morgan fingerprint density at radius 1 is 1.29 bits per heavy atom. The van der Waals surface area contributed by atoms with Gasteiger partial charge in [0.15, 0.2) is 6.10 Å². The van der Waals surface area contributed by atoms with E-state index >= 15 is 0 Å². The van der Waals surface area contributed by atoms with Crippen LogP contribution in [-0.2, 0) is 9.53 Å². The van der Waals surface area contributed by atoms with Gasteiger partial charge in [-0.3, -0.25) is 0 Å². The minimum Gasteiger partial charge on any atom is -0.448 e. The van der Waals surface area contributed by atoms with E-state index in [1.165, 1.54) is 0 Å². The third-order valence-electron chi connectivity index (χ3n) is 2.22. The maximum Gasteiger partial charge on any atom is 0.336 e. The molecule has 2 nitrogen and oxygen atoms in total. The number of carbonyl (C=O) groups is 1. The van der Waals surface area contributed by atoms with E-state index in [2.05, 4.69) is 0 Å². The van der Waals surface area contributed by atoms with Crippen LogP contribution in [-0.4, -0.2) is 5.97 Å². The summed E-state index contributed by atoms with van der Waals surface area (Å²) in [6, 6.07) is 9.46. The predicted molar refractivity (Wildman–Crippen MR) is 53.8 cm³/mol. The van der Waals surface area contributed by atoms with E-state index in [0.717, 1.165) is 5.56 Å². The van der Waals surface area contributed by atoms with Crippen LogP contribution < -0.4 is 0 Å². The molecule has 1 aromatic rings. The number of benzene rings is 1. The summed E-state index contributed by atoms with van der Waals surface area (Å²) in [5, 5.41) is 0.487. The van der Waals surface area contributed by atoms with Crippen molar-refractivity contribution in [2.45, 2.75) is 13.0 Å². The van der Waals surface area contributed by atoms with Gasteiger partial charge in [0.25, 0.3) is 0 Å². The highest BCUT2D eigenvalue weighted by Crippen LogP contribution is 2.36. The number of ether oxygens (including phenoxy) is 1. The Morgan fingerprint density at radius 2 is 1.93 bits per heavy atom. The van der Waals surface area contributed by atoms with Crippen molar-refractivity contribution in [1.29, 1.82) is 0 Å². The summed E-state index contributed by atoms with van der Waals surface area (Å²) in [6.45, 7) is 1.67. The Kier molecular flexibility index (Phi) is 2.30. The average molecular weight is 209 g/mol. The Balaban J connectivity index is 2.36. The second kappa shape index (κ2) is 3.46. The molecule has 0 amide bonds. The van der Waals surface area contributed by atoms with Gasteiger partial charge < -0.3 is 4.74 Å². The molecule has 14 heavy (non-hydrogen) atoms. The zero-order valence-corrected chi connectivity index (χ0v) is 8.41. The first-order valence-corrected chi connectivity index (χ1v) is 4.70. The highest BCUT2D eigenvalue weighted by atomic mass is 35.5. The molecule has 0 aromatic heterocycles. The maximum atomic E-state index is 11.2. The number of cyclic esters (lactones) is 1. The Hall–Kier alpha value is -1.28. The molecule has 0 N–H and O–H groups in total. The molecule has 0 saturated carbocycles. The first kappa shape index (κ1) is 9.28. The van der Waals surface area contributed by atoms with Gasteiger partial charge in [0, 0.05) is 0 Å². The van der Waals surface area contributed by atoms with Crippen LogP contribution in [0.4, 0.5) is 0 Å². The van der Waals surface area contributed by atoms with E-state index in [4.69, 9.17) is 16.3 Å². The van der Waals surface area contributed by atoms with Crippen LogP contribution >= 0.6 is 11.6 Å². The van der Waals surface area contributed by atoms with Gasteiger partial charge in [-0.25, -0.2) is 4.79 Å². The zero-order valence-electron chi connectivity index (χ0n) is 7.66. The van der Waals surface area contributed by atoms with Gasteiger partial charge in [0.1, 0.15) is 0 Å². The molecule has 1 heterocycles. The van der Waals surface area contributed by atoms with Crippen LogP contribution in [0.2, 0.25) is 0 Å². The molecule has 1 aliphatic heterocycles. The lowest BCUT2D eigenvalue weighted by molar-refractivity contribution is -0.139. The summed E-state index contributed by atoms with van der Waals surface area (Å²) in [6.07, 6.45) is -0.412. The largest absolute Gasteiger partial charge is 0.448 e. The topological polar surface area (TPSA) is 26.3 Å². The molecule has 0 spiro atoms. The lowest BCUT2D eigenvalue weighted by Gasteiger charge is -2.09. The van der Waals surface area contributed by atoms with Gasteiger partial charge in [-0.2, -0.15) is 0 Å². The van der Waals surface area contributed by atoms with Crippen LogP contribution in [0.5, 0.6) is 0 Å². The average Bonchev–Trinajstić information content (AvgIpc) is 2.47. The van der Waals surface area contributed by atoms with E-state index in [-0.39, 0.29) is 5.97 Å². The third kappa shape index (κ3) is 1.42. The van der Waals surface area contributed by atoms with Gasteiger partial charge in [0.05, 0.1) is 10.6 Å². The van der Waals surface area contributed by atoms with Crippen molar-refractivity contribution >= 4 is 17.6 Å². The molecular weight excluding hydrogens is 200 g/mol. The molecular formula is C11H9ClO2. The second-order valence-electron chi connectivity index (χ2n) is 3.17. The van der Waals surface area contributed by atoms with E-state index in [1.807, 2.05) is 30.3 Å². The SMILES string of the molecule is CC1=C(Cl)C(c2ccccc2)OC1=O. The molecule has 1 unspecified atom stereocenters. The molecule has 2 rings (SSSR count). The summed E-state index contributed by atoms with van der Waals surface area (Å²) < 4.78 is 5.13.